The largest absolute Gasteiger partial charge is 0.461 e. The summed E-state index contributed by atoms with van der Waals surface area (Å²) in [6, 6.07) is 14.5. The molecule has 0 fully saturated rings. The molecule has 2 aromatic carbocycles. The molecule has 0 heterocycles. The van der Waals surface area contributed by atoms with Crippen molar-refractivity contribution in [3.05, 3.63) is 71.8 Å². The minimum absolute atomic E-state index is 0. The van der Waals surface area contributed by atoms with E-state index in [0.29, 0.717) is 32.2 Å². The average Bonchev–Trinajstić information content (AvgIpc) is 3.09. The van der Waals surface area contributed by atoms with Gasteiger partial charge in [0.25, 0.3) is 0 Å². The minimum Gasteiger partial charge on any atom is -0.461 e. The minimum atomic E-state index is -2.08. The molecule has 0 aliphatic carbocycles. The maximum absolute atomic E-state index is 13.3. The van der Waals surface area contributed by atoms with Crippen molar-refractivity contribution in [1.29, 1.82) is 0 Å². The van der Waals surface area contributed by atoms with Gasteiger partial charge in [-0.05, 0) is 97.6 Å². The van der Waals surface area contributed by atoms with E-state index in [-0.39, 0.29) is 88.5 Å². The molecule has 0 spiro atoms. The van der Waals surface area contributed by atoms with E-state index in [0.717, 1.165) is 11.1 Å². The standard InChI is InChI=1S/C29H39N3O6.C11H23N3O3.U.V/c1-29(2,3)38-28(36)31-17-11-10-16-24(26(30)34)32-27(35)23(18-21-12-6-4-7-13-21)19-25(33)37-20-22-14-8-5-9-15-22;1-11(2,3)17-10(16)14-7-5-4-6-8(12)9(13)15;;/h4-9,12-15,23-24H,10-11,16-20H2,1-3H3,(H2,30,34)(H,31,36)(H,32,35);8H,4-7,12H2,1-3H3,(H2,13,15)(H,14,16);;/t23-,24?;;;/m1.../s1/i24D;8D;;. The number of carbonyl (C=O) groups excluding carboxylic acids is 6. The van der Waals surface area contributed by atoms with Crippen molar-refractivity contribution < 1.29 is 95.4 Å². The molecule has 0 aliphatic heterocycles. The molecule has 0 saturated carbocycles. The van der Waals surface area contributed by atoms with Crippen molar-refractivity contribution in [2.75, 3.05) is 13.1 Å². The van der Waals surface area contributed by atoms with Crippen molar-refractivity contribution in [1.82, 2.24) is 16.0 Å². The van der Waals surface area contributed by atoms with Crippen molar-refractivity contribution in [3.63, 3.8) is 0 Å². The second-order valence-electron chi connectivity index (χ2n) is 14.7. The molecule has 0 aromatic heterocycles. The summed E-state index contributed by atoms with van der Waals surface area (Å²) in [5.74, 6) is -3.95. The molecule has 0 aliphatic rings. The Labute approximate surface area is 375 Å². The third-order valence-corrected chi connectivity index (χ3v) is 7.30. The van der Waals surface area contributed by atoms with Crippen LogP contribution in [0.2, 0.25) is 0 Å². The van der Waals surface area contributed by atoms with E-state index >= 15 is 0 Å². The fraction of sp³-hybridized carbons (Fsp3) is 0.550. The Bertz CT molecular complexity index is 1600. The van der Waals surface area contributed by atoms with Crippen LogP contribution in [0.1, 0.15) is 100 Å². The quantitative estimate of drug-likeness (QED) is 0.0629. The van der Waals surface area contributed by atoms with Crippen molar-refractivity contribution in [2.45, 2.75) is 123 Å². The molecule has 5 amide bonds. The predicted molar refractivity (Wildman–Crippen MR) is 209 cm³/mol. The molecule has 0 saturated heterocycles. The number of ether oxygens (including phenoxy) is 3. The van der Waals surface area contributed by atoms with Crippen LogP contribution in [0.4, 0.5) is 9.59 Å². The zero-order valence-electron chi connectivity index (χ0n) is 36.0. The topological polar surface area (TPSA) is 244 Å². The fourth-order valence-corrected chi connectivity index (χ4v) is 4.65. The third-order valence-electron chi connectivity index (χ3n) is 7.30. The van der Waals surface area contributed by atoms with E-state index in [4.69, 9.17) is 34.2 Å². The summed E-state index contributed by atoms with van der Waals surface area (Å²) >= 11 is 0. The normalized spacial score (nSPS) is 13.9. The van der Waals surface area contributed by atoms with Gasteiger partial charge < -0.3 is 47.4 Å². The van der Waals surface area contributed by atoms with Crippen LogP contribution in [0.5, 0.6) is 0 Å². The van der Waals surface area contributed by atoms with Crippen LogP contribution in [-0.4, -0.2) is 72.2 Å². The van der Waals surface area contributed by atoms with Crippen molar-refractivity contribution in [3.8, 4) is 0 Å². The number of hydrogen-bond donors (Lipinski definition) is 6. The molecule has 9 N–H and O–H groups in total. The smallest absolute Gasteiger partial charge is 0.407 e. The Balaban J connectivity index is 0. The van der Waals surface area contributed by atoms with Crippen LogP contribution in [0.25, 0.3) is 0 Å². The van der Waals surface area contributed by atoms with E-state index in [1.165, 1.54) is 0 Å². The van der Waals surface area contributed by atoms with Crippen molar-refractivity contribution >= 4 is 35.9 Å². The average molecular weight is 1060 g/mol. The first kappa shape index (κ1) is 51.5. The Hall–Kier alpha value is -3.54. The summed E-state index contributed by atoms with van der Waals surface area (Å²) in [6.45, 7) is 11.3. The summed E-state index contributed by atoms with van der Waals surface area (Å²) < 4.78 is 31.5. The predicted octanol–water partition coefficient (Wildman–Crippen LogP) is 4.14. The summed E-state index contributed by atoms with van der Waals surface area (Å²) in [6.07, 6.45) is 0.909. The van der Waals surface area contributed by atoms with Crippen molar-refractivity contribution in [2.24, 2.45) is 23.1 Å². The molecule has 315 valence electrons. The molecule has 1 radical (unpaired) electrons. The maximum atomic E-state index is 13.3. The van der Waals surface area contributed by atoms with Gasteiger partial charge in [0.2, 0.25) is 17.7 Å². The van der Waals surface area contributed by atoms with E-state index in [1.807, 2.05) is 60.7 Å². The Kier molecular flexibility index (Phi) is 26.8. The first-order valence-electron chi connectivity index (χ1n) is 19.3. The molecular weight excluding hydrogens is 997 g/mol. The number of amides is 5. The fourth-order valence-electron chi connectivity index (χ4n) is 4.65. The van der Waals surface area contributed by atoms with Gasteiger partial charge in [0, 0.05) is 62.8 Å². The number of alkyl carbamates (subject to hydrolysis) is 2. The van der Waals surface area contributed by atoms with Crippen LogP contribution in [0.15, 0.2) is 60.7 Å². The second-order valence-corrected chi connectivity index (χ2v) is 14.7. The number of unbranched alkanes of at least 4 members (excludes halogenated alkanes) is 2. The van der Waals surface area contributed by atoms with E-state index in [9.17, 15) is 28.8 Å². The Morgan fingerprint density at radius 2 is 1.16 bits per heavy atom. The zero-order valence-corrected chi connectivity index (χ0v) is 39.5. The monoisotopic (exact) mass is 1060 g/mol. The van der Waals surface area contributed by atoms with Crippen LogP contribution >= 0.6 is 0 Å². The molecular formula is C40H62N6O9UV. The van der Waals surface area contributed by atoms with Crippen LogP contribution in [0, 0.1) is 37.0 Å². The van der Waals surface area contributed by atoms with Crippen LogP contribution < -0.4 is 33.2 Å². The van der Waals surface area contributed by atoms with Gasteiger partial charge in [0.15, 0.2) is 0 Å². The molecule has 15 nitrogen and oxygen atoms in total. The number of rotatable bonds is 20. The third kappa shape index (κ3) is 29.3. The van der Waals surface area contributed by atoms with E-state index in [2.05, 4.69) is 16.0 Å². The molecule has 2 unspecified atom stereocenters. The summed E-state index contributed by atoms with van der Waals surface area (Å²) in [7, 11) is 0. The number of esters is 1. The second kappa shape index (κ2) is 29.6. The maximum Gasteiger partial charge on any atom is 0.407 e. The van der Waals surface area contributed by atoms with E-state index < -0.39 is 65.0 Å². The zero-order chi connectivity index (χ0) is 43.3. The van der Waals surface area contributed by atoms with Gasteiger partial charge in [-0.25, -0.2) is 9.59 Å². The number of nitrogens with one attached hydrogen (secondary N) is 3. The molecule has 2 aromatic rings. The van der Waals surface area contributed by atoms with Gasteiger partial charge in [0.05, 0.1) is 21.1 Å². The summed E-state index contributed by atoms with van der Waals surface area (Å²) in [5, 5.41) is 7.64. The first-order valence-corrected chi connectivity index (χ1v) is 18.3. The first-order chi connectivity index (χ1) is 26.4. The number of benzene rings is 2. The number of carbonyl (C=O) groups is 6. The van der Waals surface area contributed by atoms with Crippen LogP contribution in [0.3, 0.4) is 0 Å². The number of hydrogen-bond acceptors (Lipinski definition) is 10. The number of primary amides is 2. The molecule has 0 bridgehead atoms. The number of nitrogens with two attached hydrogens (primary N) is 3. The summed E-state index contributed by atoms with van der Waals surface area (Å²) in [5.41, 5.74) is 16.3. The summed E-state index contributed by atoms with van der Waals surface area (Å²) in [4.78, 5) is 71.9. The molecule has 17 heteroatoms. The van der Waals surface area contributed by atoms with Gasteiger partial charge in [-0.2, -0.15) is 0 Å². The Morgan fingerprint density at radius 1 is 0.702 bits per heavy atom. The van der Waals surface area contributed by atoms with Gasteiger partial charge in [0.1, 0.15) is 23.8 Å². The van der Waals surface area contributed by atoms with Gasteiger partial charge in [-0.3, -0.25) is 19.2 Å². The SMILES string of the molecule is [2H]C(CCCCNC(=O)OC(C)(C)C)(NC(=O)[C@@H](CC(=O)OCc1ccccc1)Cc1ccccc1)C(N)=O.[2H]C(N)(CCCCNC(=O)OC(C)(C)C)C(N)=O.[U].[V]. The molecule has 57 heavy (non-hydrogen) atoms. The van der Waals surface area contributed by atoms with Crippen LogP contribution in [-0.2, 0) is 65.0 Å². The molecule has 3 atom stereocenters. The van der Waals surface area contributed by atoms with Gasteiger partial charge >= 0.3 is 18.2 Å². The van der Waals surface area contributed by atoms with Gasteiger partial charge in [-0.15, -0.1) is 0 Å². The Morgan fingerprint density at radius 3 is 1.60 bits per heavy atom. The van der Waals surface area contributed by atoms with E-state index in [1.54, 1.807) is 41.5 Å². The van der Waals surface area contributed by atoms with Gasteiger partial charge in [-0.1, -0.05) is 60.7 Å². The molecule has 2 rings (SSSR count).